The van der Waals surface area contributed by atoms with Gasteiger partial charge in [-0.3, -0.25) is 9.78 Å². The molecule has 1 amide bonds. The number of nitrogens with zero attached hydrogens (tertiary/aromatic N) is 1. The third kappa shape index (κ3) is 4.22. The molecular weight excluding hydrogens is 220 g/mol. The van der Waals surface area contributed by atoms with Crippen molar-refractivity contribution in [2.75, 3.05) is 0 Å². The fourth-order valence-corrected chi connectivity index (χ4v) is 1.42. The van der Waals surface area contributed by atoms with E-state index in [0.717, 1.165) is 0 Å². The Hall–Kier alpha value is -1.91. The first-order valence-electron chi connectivity index (χ1n) is 5.45. The van der Waals surface area contributed by atoms with E-state index in [9.17, 15) is 9.59 Å². The molecule has 0 aliphatic rings. The van der Waals surface area contributed by atoms with Crippen LogP contribution in [0, 0.1) is 5.92 Å². The first-order chi connectivity index (χ1) is 8.00. The number of rotatable bonds is 5. The predicted molar refractivity (Wildman–Crippen MR) is 62.6 cm³/mol. The molecule has 0 saturated carbocycles. The number of pyridine rings is 1. The van der Waals surface area contributed by atoms with Gasteiger partial charge in [0.2, 0.25) is 0 Å². The Balaban J connectivity index is 2.68. The Kier molecular flexibility index (Phi) is 4.63. The standard InChI is InChI=1S/C12H16N2O3/c1-8(2)7-10(12(16)17)14-11(15)9-5-3-4-6-13-9/h3-6,8,10H,7H2,1-2H3,(H,14,15)(H,16,17)/t10-/m1/s1. The van der Waals surface area contributed by atoms with Gasteiger partial charge >= 0.3 is 5.97 Å². The molecule has 92 valence electrons. The lowest BCUT2D eigenvalue weighted by Crippen LogP contribution is -2.41. The number of carbonyl (C=O) groups is 2. The molecule has 1 rings (SSSR count). The Morgan fingerprint density at radius 1 is 1.41 bits per heavy atom. The molecule has 1 atom stereocenters. The number of carboxylic acid groups (broad SMARTS) is 1. The van der Waals surface area contributed by atoms with Crippen LogP contribution in [0.15, 0.2) is 24.4 Å². The second-order valence-electron chi connectivity index (χ2n) is 4.21. The van der Waals surface area contributed by atoms with Crippen molar-refractivity contribution in [1.82, 2.24) is 10.3 Å². The smallest absolute Gasteiger partial charge is 0.326 e. The molecule has 17 heavy (non-hydrogen) atoms. The summed E-state index contributed by atoms with van der Waals surface area (Å²) in [7, 11) is 0. The quantitative estimate of drug-likeness (QED) is 0.807. The number of hydrogen-bond donors (Lipinski definition) is 2. The Morgan fingerprint density at radius 2 is 2.12 bits per heavy atom. The summed E-state index contributed by atoms with van der Waals surface area (Å²) in [6, 6.07) is 4.05. The molecule has 0 unspecified atom stereocenters. The Morgan fingerprint density at radius 3 is 2.59 bits per heavy atom. The number of carboxylic acids is 1. The van der Waals surface area contributed by atoms with Crippen LogP contribution in [0.1, 0.15) is 30.8 Å². The SMILES string of the molecule is CC(C)C[C@@H](NC(=O)c1ccccn1)C(=O)O. The predicted octanol–water partition coefficient (Wildman–Crippen LogP) is 1.31. The average molecular weight is 236 g/mol. The molecule has 1 aromatic heterocycles. The van der Waals surface area contributed by atoms with Gasteiger partial charge in [-0.1, -0.05) is 19.9 Å². The van der Waals surface area contributed by atoms with Crippen molar-refractivity contribution in [1.29, 1.82) is 0 Å². The number of amides is 1. The van der Waals surface area contributed by atoms with Crippen molar-refractivity contribution in [3.8, 4) is 0 Å². The van der Waals surface area contributed by atoms with E-state index >= 15 is 0 Å². The van der Waals surface area contributed by atoms with Crippen LogP contribution < -0.4 is 5.32 Å². The molecule has 0 saturated heterocycles. The summed E-state index contributed by atoms with van der Waals surface area (Å²) in [5, 5.41) is 11.4. The summed E-state index contributed by atoms with van der Waals surface area (Å²) in [6.07, 6.45) is 1.89. The van der Waals surface area contributed by atoms with Crippen LogP contribution in [0.3, 0.4) is 0 Å². The highest BCUT2D eigenvalue weighted by Gasteiger charge is 2.21. The molecule has 2 N–H and O–H groups in total. The van der Waals surface area contributed by atoms with E-state index in [0.29, 0.717) is 6.42 Å². The molecule has 1 aromatic rings. The van der Waals surface area contributed by atoms with E-state index in [4.69, 9.17) is 5.11 Å². The molecule has 1 heterocycles. The number of nitrogens with one attached hydrogen (secondary N) is 1. The molecule has 0 aliphatic heterocycles. The largest absolute Gasteiger partial charge is 0.480 e. The summed E-state index contributed by atoms with van der Waals surface area (Å²) in [6.45, 7) is 3.81. The van der Waals surface area contributed by atoms with Gasteiger partial charge in [-0.2, -0.15) is 0 Å². The molecule has 5 heteroatoms. The number of hydrogen-bond acceptors (Lipinski definition) is 3. The van der Waals surface area contributed by atoms with Crippen LogP contribution in [-0.2, 0) is 4.79 Å². The van der Waals surface area contributed by atoms with Crippen LogP contribution in [0.25, 0.3) is 0 Å². The van der Waals surface area contributed by atoms with E-state index < -0.39 is 17.9 Å². The maximum absolute atomic E-state index is 11.7. The number of carbonyl (C=O) groups excluding carboxylic acids is 1. The molecule has 0 aliphatic carbocycles. The van der Waals surface area contributed by atoms with Crippen molar-refractivity contribution in [2.24, 2.45) is 5.92 Å². The maximum Gasteiger partial charge on any atom is 0.326 e. The van der Waals surface area contributed by atoms with Gasteiger partial charge < -0.3 is 10.4 Å². The fourth-order valence-electron chi connectivity index (χ4n) is 1.42. The lowest BCUT2D eigenvalue weighted by Gasteiger charge is -2.15. The normalized spacial score (nSPS) is 12.2. The zero-order chi connectivity index (χ0) is 12.8. The number of aromatic nitrogens is 1. The van der Waals surface area contributed by atoms with Crippen LogP contribution >= 0.6 is 0 Å². The summed E-state index contributed by atoms with van der Waals surface area (Å²) in [5.41, 5.74) is 0.225. The van der Waals surface area contributed by atoms with Gasteiger partial charge in [0, 0.05) is 6.20 Å². The first kappa shape index (κ1) is 13.2. The first-order valence-corrected chi connectivity index (χ1v) is 5.45. The van der Waals surface area contributed by atoms with Gasteiger partial charge in [0.1, 0.15) is 11.7 Å². The molecule has 0 fully saturated rings. The van der Waals surface area contributed by atoms with Crippen molar-refractivity contribution in [3.05, 3.63) is 30.1 Å². The van der Waals surface area contributed by atoms with E-state index in [2.05, 4.69) is 10.3 Å². The second-order valence-corrected chi connectivity index (χ2v) is 4.21. The van der Waals surface area contributed by atoms with E-state index in [1.807, 2.05) is 13.8 Å². The molecule has 0 bridgehead atoms. The van der Waals surface area contributed by atoms with Gasteiger partial charge in [0.15, 0.2) is 0 Å². The Bertz CT molecular complexity index is 390. The lowest BCUT2D eigenvalue weighted by molar-refractivity contribution is -0.139. The van der Waals surface area contributed by atoms with Crippen molar-refractivity contribution >= 4 is 11.9 Å². The van der Waals surface area contributed by atoms with Gasteiger partial charge in [-0.05, 0) is 24.5 Å². The minimum absolute atomic E-state index is 0.195. The van der Waals surface area contributed by atoms with Crippen molar-refractivity contribution in [3.63, 3.8) is 0 Å². The fraction of sp³-hybridized carbons (Fsp3) is 0.417. The molecular formula is C12H16N2O3. The Labute approximate surface area is 99.9 Å². The van der Waals surface area contributed by atoms with Crippen LogP contribution in [0.5, 0.6) is 0 Å². The second kappa shape index (κ2) is 5.98. The molecule has 0 aromatic carbocycles. The molecule has 0 radical (unpaired) electrons. The highest BCUT2D eigenvalue weighted by Crippen LogP contribution is 2.06. The summed E-state index contributed by atoms with van der Waals surface area (Å²) in [4.78, 5) is 26.5. The zero-order valence-electron chi connectivity index (χ0n) is 9.88. The van der Waals surface area contributed by atoms with E-state index in [-0.39, 0.29) is 11.6 Å². The molecule has 0 spiro atoms. The van der Waals surface area contributed by atoms with Crippen LogP contribution in [0.2, 0.25) is 0 Å². The number of aliphatic carboxylic acids is 1. The maximum atomic E-state index is 11.7. The van der Waals surface area contributed by atoms with Gasteiger partial charge in [0.25, 0.3) is 5.91 Å². The minimum Gasteiger partial charge on any atom is -0.480 e. The highest BCUT2D eigenvalue weighted by molar-refractivity contribution is 5.94. The lowest BCUT2D eigenvalue weighted by atomic mass is 10.0. The third-order valence-corrected chi connectivity index (χ3v) is 2.21. The average Bonchev–Trinajstić information content (AvgIpc) is 2.28. The van der Waals surface area contributed by atoms with Gasteiger partial charge in [-0.15, -0.1) is 0 Å². The zero-order valence-corrected chi connectivity index (χ0v) is 9.88. The monoisotopic (exact) mass is 236 g/mol. The summed E-state index contributed by atoms with van der Waals surface area (Å²) in [5.74, 6) is -1.29. The topological polar surface area (TPSA) is 79.3 Å². The minimum atomic E-state index is -1.03. The summed E-state index contributed by atoms with van der Waals surface area (Å²) >= 11 is 0. The van der Waals surface area contributed by atoms with Crippen LogP contribution in [0.4, 0.5) is 0 Å². The van der Waals surface area contributed by atoms with Crippen molar-refractivity contribution in [2.45, 2.75) is 26.3 Å². The van der Waals surface area contributed by atoms with E-state index in [1.54, 1.807) is 18.2 Å². The van der Waals surface area contributed by atoms with E-state index in [1.165, 1.54) is 6.20 Å². The molecule has 5 nitrogen and oxygen atoms in total. The van der Waals surface area contributed by atoms with Crippen molar-refractivity contribution < 1.29 is 14.7 Å². The van der Waals surface area contributed by atoms with Gasteiger partial charge in [-0.25, -0.2) is 4.79 Å². The highest BCUT2D eigenvalue weighted by atomic mass is 16.4. The third-order valence-electron chi connectivity index (χ3n) is 2.21. The van der Waals surface area contributed by atoms with Gasteiger partial charge in [0.05, 0.1) is 0 Å². The summed E-state index contributed by atoms with van der Waals surface area (Å²) < 4.78 is 0. The van der Waals surface area contributed by atoms with Crippen LogP contribution in [-0.4, -0.2) is 28.0 Å².